The molecule has 0 heterocycles. The van der Waals surface area contributed by atoms with Crippen molar-refractivity contribution in [2.24, 2.45) is 17.3 Å². The van der Waals surface area contributed by atoms with Gasteiger partial charge in [0.1, 0.15) is 0 Å². The minimum Gasteiger partial charge on any atom is -0.388 e. The normalized spacial score (nSPS) is 41.4. The SMILES string of the molecule is C/C1=C\C2C(CC/C(C)=C/CC(O)/C(C)=C/CC1)C2(C)C. The molecule has 0 amide bonds. The van der Waals surface area contributed by atoms with Gasteiger partial charge in [0.25, 0.3) is 0 Å². The molecule has 1 nitrogen and oxygen atoms in total. The summed E-state index contributed by atoms with van der Waals surface area (Å²) in [5.41, 5.74) is 4.54. The van der Waals surface area contributed by atoms with E-state index >= 15 is 0 Å². The monoisotopic (exact) mass is 288 g/mol. The lowest BCUT2D eigenvalue weighted by molar-refractivity contribution is 0.213. The van der Waals surface area contributed by atoms with Crippen molar-refractivity contribution in [3.05, 3.63) is 34.9 Å². The molecule has 0 spiro atoms. The van der Waals surface area contributed by atoms with Gasteiger partial charge in [0, 0.05) is 0 Å². The van der Waals surface area contributed by atoms with Gasteiger partial charge in [0.2, 0.25) is 0 Å². The third-order valence-electron chi connectivity index (χ3n) is 5.67. The number of hydrogen-bond donors (Lipinski definition) is 1. The highest BCUT2D eigenvalue weighted by Crippen LogP contribution is 2.61. The van der Waals surface area contributed by atoms with Crippen molar-refractivity contribution in [2.45, 2.75) is 72.8 Å². The number of aliphatic hydroxyl groups is 1. The van der Waals surface area contributed by atoms with Crippen LogP contribution in [0.2, 0.25) is 0 Å². The highest BCUT2D eigenvalue weighted by Gasteiger charge is 2.55. The Morgan fingerprint density at radius 1 is 1.05 bits per heavy atom. The first-order chi connectivity index (χ1) is 9.82. The van der Waals surface area contributed by atoms with Gasteiger partial charge in [0.15, 0.2) is 0 Å². The van der Waals surface area contributed by atoms with Gasteiger partial charge in [-0.25, -0.2) is 0 Å². The smallest absolute Gasteiger partial charge is 0.0781 e. The molecule has 21 heavy (non-hydrogen) atoms. The van der Waals surface area contributed by atoms with Crippen LogP contribution < -0.4 is 0 Å². The summed E-state index contributed by atoms with van der Waals surface area (Å²) in [7, 11) is 0. The molecule has 3 unspecified atom stereocenters. The van der Waals surface area contributed by atoms with Gasteiger partial charge in [-0.05, 0) is 75.7 Å². The third kappa shape index (κ3) is 4.10. The molecule has 2 aliphatic carbocycles. The molecular formula is C20H32O. The maximum absolute atomic E-state index is 10.2. The summed E-state index contributed by atoms with van der Waals surface area (Å²) in [6.45, 7) is 11.4. The molecule has 3 atom stereocenters. The molecule has 0 saturated heterocycles. The Balaban J connectivity index is 2.14. The van der Waals surface area contributed by atoms with E-state index in [0.717, 1.165) is 36.7 Å². The fourth-order valence-corrected chi connectivity index (χ4v) is 3.71. The Bertz CT molecular complexity index is 464. The van der Waals surface area contributed by atoms with Gasteiger partial charge >= 0.3 is 0 Å². The summed E-state index contributed by atoms with van der Waals surface area (Å²) >= 11 is 0. The first-order valence-corrected chi connectivity index (χ1v) is 8.50. The second kappa shape index (κ2) is 6.52. The average Bonchev–Trinajstić information content (AvgIpc) is 2.92. The Hall–Kier alpha value is -0.820. The quantitative estimate of drug-likeness (QED) is 0.590. The van der Waals surface area contributed by atoms with Gasteiger partial charge in [0.05, 0.1) is 6.10 Å². The van der Waals surface area contributed by atoms with Crippen LogP contribution in [0.3, 0.4) is 0 Å². The van der Waals surface area contributed by atoms with Crippen molar-refractivity contribution in [2.75, 3.05) is 0 Å². The van der Waals surface area contributed by atoms with E-state index in [2.05, 4.69) is 52.8 Å². The van der Waals surface area contributed by atoms with Gasteiger partial charge in [-0.1, -0.05) is 43.2 Å². The average molecular weight is 288 g/mol. The third-order valence-corrected chi connectivity index (χ3v) is 5.67. The van der Waals surface area contributed by atoms with Crippen molar-refractivity contribution in [3.63, 3.8) is 0 Å². The second-order valence-corrected chi connectivity index (χ2v) is 7.79. The standard InChI is InChI=1S/C20H32O/c1-14-9-11-17-18(20(17,4)5)13-15(2)7-6-8-16(3)19(21)12-10-14/h8,10,13,17-19,21H,6-7,9,11-12H2,1-5H3/b14-10+,15-13+,16-8+. The molecule has 1 N–H and O–H groups in total. The van der Waals surface area contributed by atoms with Crippen LogP contribution in [-0.2, 0) is 0 Å². The van der Waals surface area contributed by atoms with Crippen LogP contribution in [0.15, 0.2) is 34.9 Å². The summed E-state index contributed by atoms with van der Waals surface area (Å²) in [6.07, 6.45) is 12.1. The maximum Gasteiger partial charge on any atom is 0.0781 e. The van der Waals surface area contributed by atoms with Crippen molar-refractivity contribution in [1.82, 2.24) is 0 Å². The molecule has 1 fully saturated rings. The second-order valence-electron chi connectivity index (χ2n) is 7.79. The lowest BCUT2D eigenvalue weighted by Crippen LogP contribution is -2.07. The summed E-state index contributed by atoms with van der Waals surface area (Å²) in [6, 6.07) is 0. The van der Waals surface area contributed by atoms with Crippen LogP contribution in [0.25, 0.3) is 0 Å². The van der Waals surface area contributed by atoms with E-state index < -0.39 is 0 Å². The molecule has 0 aromatic rings. The fraction of sp³-hybridized carbons (Fsp3) is 0.700. The van der Waals surface area contributed by atoms with Gasteiger partial charge in [-0.3, -0.25) is 0 Å². The molecular weight excluding hydrogens is 256 g/mol. The lowest BCUT2D eigenvalue weighted by atomic mass is 10.00. The largest absolute Gasteiger partial charge is 0.388 e. The van der Waals surface area contributed by atoms with Gasteiger partial charge in [-0.15, -0.1) is 0 Å². The zero-order chi connectivity index (χ0) is 15.6. The minimum atomic E-state index is -0.308. The zero-order valence-corrected chi connectivity index (χ0v) is 14.4. The highest BCUT2D eigenvalue weighted by atomic mass is 16.3. The Kier molecular flexibility index (Phi) is 5.14. The molecule has 2 rings (SSSR count). The van der Waals surface area contributed by atoms with Crippen LogP contribution in [0.5, 0.6) is 0 Å². The predicted octanol–water partition coefficient (Wildman–Crippen LogP) is 5.42. The van der Waals surface area contributed by atoms with Crippen molar-refractivity contribution in [3.8, 4) is 0 Å². The molecule has 0 aromatic heterocycles. The summed E-state index contributed by atoms with van der Waals surface area (Å²) < 4.78 is 0. The van der Waals surface area contributed by atoms with Crippen molar-refractivity contribution >= 4 is 0 Å². The first kappa shape index (κ1) is 16.5. The Morgan fingerprint density at radius 2 is 1.76 bits per heavy atom. The van der Waals surface area contributed by atoms with Crippen molar-refractivity contribution < 1.29 is 5.11 Å². The maximum atomic E-state index is 10.2. The molecule has 0 radical (unpaired) electrons. The molecule has 1 saturated carbocycles. The van der Waals surface area contributed by atoms with Gasteiger partial charge in [-0.2, -0.15) is 0 Å². The number of rotatable bonds is 0. The van der Waals surface area contributed by atoms with E-state index in [4.69, 9.17) is 0 Å². The van der Waals surface area contributed by atoms with Crippen LogP contribution in [0.4, 0.5) is 0 Å². The molecule has 118 valence electrons. The van der Waals surface area contributed by atoms with Crippen molar-refractivity contribution in [1.29, 1.82) is 0 Å². The highest BCUT2D eigenvalue weighted by molar-refractivity contribution is 5.19. The zero-order valence-electron chi connectivity index (χ0n) is 14.4. The topological polar surface area (TPSA) is 20.2 Å². The molecule has 0 aromatic carbocycles. The van der Waals surface area contributed by atoms with E-state index in [-0.39, 0.29) is 6.10 Å². The van der Waals surface area contributed by atoms with E-state index in [1.807, 2.05) is 0 Å². The first-order valence-electron chi connectivity index (χ1n) is 8.50. The number of aliphatic hydroxyl groups excluding tert-OH is 1. The Labute approximate surface area is 130 Å². The summed E-state index contributed by atoms with van der Waals surface area (Å²) in [4.78, 5) is 0. The summed E-state index contributed by atoms with van der Waals surface area (Å²) in [5, 5.41) is 10.2. The summed E-state index contributed by atoms with van der Waals surface area (Å²) in [5.74, 6) is 1.60. The van der Waals surface area contributed by atoms with E-state index in [1.165, 1.54) is 24.0 Å². The molecule has 0 aliphatic heterocycles. The number of fused-ring (bicyclic) bond motifs is 1. The van der Waals surface area contributed by atoms with Crippen LogP contribution in [-0.4, -0.2) is 11.2 Å². The lowest BCUT2D eigenvalue weighted by Gasteiger charge is -2.11. The molecule has 0 bridgehead atoms. The minimum absolute atomic E-state index is 0.308. The number of allylic oxidation sites excluding steroid dienone is 4. The van der Waals surface area contributed by atoms with Gasteiger partial charge < -0.3 is 5.11 Å². The number of hydrogen-bond acceptors (Lipinski definition) is 1. The molecule has 1 heteroatoms. The predicted molar refractivity (Wildman–Crippen MR) is 91.1 cm³/mol. The van der Waals surface area contributed by atoms with E-state index in [1.54, 1.807) is 0 Å². The van der Waals surface area contributed by atoms with E-state index in [0.29, 0.717) is 5.41 Å². The van der Waals surface area contributed by atoms with Crippen LogP contribution in [0, 0.1) is 17.3 Å². The fourth-order valence-electron chi connectivity index (χ4n) is 3.71. The Morgan fingerprint density at radius 3 is 2.48 bits per heavy atom. The van der Waals surface area contributed by atoms with Crippen LogP contribution in [0.1, 0.15) is 66.7 Å². The molecule has 2 aliphatic rings. The van der Waals surface area contributed by atoms with E-state index in [9.17, 15) is 5.11 Å². The van der Waals surface area contributed by atoms with Crippen LogP contribution >= 0.6 is 0 Å².